The molecule has 0 saturated carbocycles. The molecule has 4 nitrogen and oxygen atoms in total. The summed E-state index contributed by atoms with van der Waals surface area (Å²) in [6.45, 7) is 0. The SMILES string of the molecule is c1ccc2c(-c3nc4ccccc4nc3-c3ccc(-n4c5ccccc5c5cc6c7ccccc7n7c8ccc9ccccc9c8c(c54)c67)cc3)cccc2c1. The third kappa shape index (κ3) is 3.92. The van der Waals surface area contributed by atoms with Crippen molar-refractivity contribution in [3.63, 3.8) is 0 Å². The molecule has 0 aliphatic carbocycles. The summed E-state index contributed by atoms with van der Waals surface area (Å²) in [5, 5.41) is 12.5. The second-order valence-corrected chi connectivity index (χ2v) is 14.9. The van der Waals surface area contributed by atoms with Gasteiger partial charge in [0.1, 0.15) is 0 Å². The molecule has 56 heavy (non-hydrogen) atoms. The zero-order chi connectivity index (χ0) is 36.5. The number of para-hydroxylation sites is 4. The van der Waals surface area contributed by atoms with Crippen LogP contribution in [0.25, 0.3) is 121 Å². The van der Waals surface area contributed by atoms with Gasteiger partial charge >= 0.3 is 0 Å². The van der Waals surface area contributed by atoms with Gasteiger partial charge in [-0.25, -0.2) is 9.97 Å². The summed E-state index contributed by atoms with van der Waals surface area (Å²) in [6.07, 6.45) is 0. The van der Waals surface area contributed by atoms with E-state index in [1.807, 2.05) is 18.2 Å². The Balaban J connectivity index is 1.12. The molecule has 0 aliphatic heterocycles. The molecule has 4 aromatic heterocycles. The van der Waals surface area contributed by atoms with Gasteiger partial charge in [-0.1, -0.05) is 133 Å². The van der Waals surface area contributed by atoms with Crippen LogP contribution in [0.4, 0.5) is 0 Å². The van der Waals surface area contributed by atoms with Crippen LogP contribution >= 0.6 is 0 Å². The lowest BCUT2D eigenvalue weighted by Crippen LogP contribution is -1.98. The fourth-order valence-corrected chi connectivity index (χ4v) is 9.63. The average Bonchev–Trinajstić information content (AvgIpc) is 3.91. The first kappa shape index (κ1) is 29.8. The van der Waals surface area contributed by atoms with E-state index in [1.165, 1.54) is 76.1 Å². The summed E-state index contributed by atoms with van der Waals surface area (Å²) in [4.78, 5) is 10.6. The van der Waals surface area contributed by atoms with Crippen LogP contribution in [-0.4, -0.2) is 18.9 Å². The van der Waals surface area contributed by atoms with E-state index in [4.69, 9.17) is 9.97 Å². The van der Waals surface area contributed by atoms with Gasteiger partial charge in [0, 0.05) is 49.1 Å². The van der Waals surface area contributed by atoms with E-state index in [2.05, 4.69) is 173 Å². The number of fused-ring (bicyclic) bond motifs is 14. The predicted molar refractivity (Wildman–Crippen MR) is 234 cm³/mol. The number of hydrogen-bond donors (Lipinski definition) is 0. The zero-order valence-corrected chi connectivity index (χ0v) is 30.1. The lowest BCUT2D eigenvalue weighted by molar-refractivity contribution is 1.19. The molecular formula is C52H30N4. The van der Waals surface area contributed by atoms with Crippen LogP contribution in [-0.2, 0) is 0 Å². The topological polar surface area (TPSA) is 35.1 Å². The summed E-state index contributed by atoms with van der Waals surface area (Å²) in [5.74, 6) is 0. The van der Waals surface area contributed by atoms with Crippen LogP contribution in [0, 0.1) is 0 Å². The smallest absolute Gasteiger partial charge is 0.0979 e. The van der Waals surface area contributed by atoms with E-state index in [0.717, 1.165) is 44.6 Å². The normalized spacial score (nSPS) is 12.3. The first-order chi connectivity index (χ1) is 27.8. The molecule has 0 radical (unpaired) electrons. The van der Waals surface area contributed by atoms with Gasteiger partial charge in [-0.2, -0.15) is 0 Å². The van der Waals surface area contributed by atoms with Gasteiger partial charge in [0.25, 0.3) is 0 Å². The van der Waals surface area contributed by atoms with E-state index < -0.39 is 0 Å². The molecule has 0 unspecified atom stereocenters. The van der Waals surface area contributed by atoms with Crippen LogP contribution in [0.1, 0.15) is 0 Å². The molecule has 13 aromatic rings. The van der Waals surface area contributed by atoms with Crippen molar-refractivity contribution < 1.29 is 0 Å². The Morgan fingerprint density at radius 1 is 0.357 bits per heavy atom. The minimum absolute atomic E-state index is 0.874. The Morgan fingerprint density at radius 2 is 0.946 bits per heavy atom. The summed E-state index contributed by atoms with van der Waals surface area (Å²) in [7, 11) is 0. The summed E-state index contributed by atoms with van der Waals surface area (Å²) >= 11 is 0. The van der Waals surface area contributed by atoms with Gasteiger partial charge in [-0.15, -0.1) is 0 Å². The average molecular weight is 711 g/mol. The van der Waals surface area contributed by atoms with Gasteiger partial charge in [-0.05, 0) is 70.1 Å². The minimum atomic E-state index is 0.874. The lowest BCUT2D eigenvalue weighted by Gasteiger charge is -2.14. The van der Waals surface area contributed by atoms with Crippen molar-refractivity contribution in [1.82, 2.24) is 18.9 Å². The first-order valence-electron chi connectivity index (χ1n) is 19.2. The molecule has 9 aromatic carbocycles. The summed E-state index contributed by atoms with van der Waals surface area (Å²) in [6, 6.07) is 65.7. The van der Waals surface area contributed by atoms with Gasteiger partial charge in [0.15, 0.2) is 0 Å². The largest absolute Gasteiger partial charge is 0.309 e. The highest BCUT2D eigenvalue weighted by Crippen LogP contribution is 2.48. The van der Waals surface area contributed by atoms with Crippen molar-refractivity contribution in [3.05, 3.63) is 182 Å². The van der Waals surface area contributed by atoms with E-state index in [0.29, 0.717) is 0 Å². The second kappa shape index (κ2) is 11.0. The maximum Gasteiger partial charge on any atom is 0.0979 e. The molecule has 0 fully saturated rings. The number of hydrogen-bond acceptors (Lipinski definition) is 2. The molecule has 0 amide bonds. The fourth-order valence-electron chi connectivity index (χ4n) is 9.63. The molecule has 0 spiro atoms. The van der Waals surface area contributed by atoms with Crippen LogP contribution in [0.5, 0.6) is 0 Å². The molecule has 0 atom stereocenters. The molecule has 258 valence electrons. The Hall–Kier alpha value is -7.56. The quantitative estimate of drug-likeness (QED) is 0.183. The highest BCUT2D eigenvalue weighted by molar-refractivity contribution is 6.37. The Bertz CT molecular complexity index is 3750. The summed E-state index contributed by atoms with van der Waals surface area (Å²) < 4.78 is 4.99. The standard InChI is InChI=1S/C52H30N4/c1-3-15-35-31(12-1)14-11-19-39(35)50-49(53-42-20-7-8-21-43(42)54-50)33-24-27-34(28-25-33)55-44-22-9-5-17-37(44)40-30-41-38-18-6-10-23-45(38)56-46-29-26-32-13-2-4-16-36(32)47(46)48(51(40)55)52(41)56/h1-30H. The van der Waals surface area contributed by atoms with Crippen molar-refractivity contribution in [2.75, 3.05) is 0 Å². The maximum atomic E-state index is 5.29. The van der Waals surface area contributed by atoms with Crippen LogP contribution in [0.3, 0.4) is 0 Å². The minimum Gasteiger partial charge on any atom is -0.309 e. The van der Waals surface area contributed by atoms with Crippen LogP contribution in [0.15, 0.2) is 182 Å². The van der Waals surface area contributed by atoms with Crippen molar-refractivity contribution in [3.8, 4) is 28.2 Å². The van der Waals surface area contributed by atoms with Gasteiger partial charge in [-0.3, -0.25) is 0 Å². The number of aromatic nitrogens is 4. The Kier molecular flexibility index (Phi) is 5.86. The van der Waals surface area contributed by atoms with E-state index >= 15 is 0 Å². The van der Waals surface area contributed by atoms with Crippen molar-refractivity contribution in [2.24, 2.45) is 0 Å². The van der Waals surface area contributed by atoms with Crippen LogP contribution < -0.4 is 0 Å². The third-order valence-corrected chi connectivity index (χ3v) is 12.0. The molecule has 4 heteroatoms. The summed E-state index contributed by atoms with van der Waals surface area (Å²) in [5.41, 5.74) is 12.9. The number of benzene rings is 9. The molecule has 4 heterocycles. The van der Waals surface area contributed by atoms with E-state index in [-0.39, 0.29) is 0 Å². The maximum absolute atomic E-state index is 5.29. The van der Waals surface area contributed by atoms with Crippen molar-refractivity contribution in [2.45, 2.75) is 0 Å². The molecule has 0 bridgehead atoms. The molecule has 0 aliphatic rings. The molecule has 0 N–H and O–H groups in total. The molecule has 13 rings (SSSR count). The monoisotopic (exact) mass is 710 g/mol. The Labute approximate surface area is 320 Å². The number of rotatable bonds is 3. The highest BCUT2D eigenvalue weighted by atomic mass is 15.0. The van der Waals surface area contributed by atoms with Gasteiger partial charge in [0.2, 0.25) is 0 Å². The third-order valence-electron chi connectivity index (χ3n) is 12.0. The van der Waals surface area contributed by atoms with E-state index in [9.17, 15) is 0 Å². The number of nitrogens with zero attached hydrogens (tertiary/aromatic N) is 4. The Morgan fingerprint density at radius 3 is 1.73 bits per heavy atom. The van der Waals surface area contributed by atoms with Gasteiger partial charge in [0.05, 0.1) is 50.0 Å². The second-order valence-electron chi connectivity index (χ2n) is 14.9. The van der Waals surface area contributed by atoms with Crippen molar-refractivity contribution in [1.29, 1.82) is 0 Å². The molecular weight excluding hydrogens is 681 g/mol. The highest BCUT2D eigenvalue weighted by Gasteiger charge is 2.25. The van der Waals surface area contributed by atoms with E-state index in [1.54, 1.807) is 0 Å². The first-order valence-corrected chi connectivity index (χ1v) is 19.2. The zero-order valence-electron chi connectivity index (χ0n) is 30.1. The van der Waals surface area contributed by atoms with Crippen molar-refractivity contribution >= 4 is 92.5 Å². The molecule has 0 saturated heterocycles. The lowest BCUT2D eigenvalue weighted by atomic mass is 9.98. The van der Waals surface area contributed by atoms with Gasteiger partial charge < -0.3 is 8.97 Å². The predicted octanol–water partition coefficient (Wildman–Crippen LogP) is 13.5. The fraction of sp³-hybridized carbons (Fsp3) is 0. The van der Waals surface area contributed by atoms with Crippen LogP contribution in [0.2, 0.25) is 0 Å².